The van der Waals surface area contributed by atoms with Crippen LogP contribution in [0.2, 0.25) is 0 Å². The van der Waals surface area contributed by atoms with E-state index in [4.69, 9.17) is 15.6 Å². The summed E-state index contributed by atoms with van der Waals surface area (Å²) in [5.74, 6) is -1.04. The van der Waals surface area contributed by atoms with Crippen molar-refractivity contribution in [3.8, 4) is 0 Å². The maximum atomic E-state index is 11.8. The zero-order chi connectivity index (χ0) is 15.5. The Balaban J connectivity index is 2.41. The molecule has 6 nitrogen and oxygen atoms in total. The van der Waals surface area contributed by atoms with Crippen molar-refractivity contribution in [2.75, 3.05) is 6.54 Å². The van der Waals surface area contributed by atoms with Gasteiger partial charge in [-0.15, -0.1) is 0 Å². The van der Waals surface area contributed by atoms with Gasteiger partial charge in [-0.3, -0.25) is 0 Å². The van der Waals surface area contributed by atoms with Crippen LogP contribution in [0.25, 0.3) is 0 Å². The Kier molecular flexibility index (Phi) is 8.50. The second-order valence-corrected chi connectivity index (χ2v) is 5.33. The lowest BCUT2D eigenvalue weighted by Gasteiger charge is -2.19. The Morgan fingerprint density at radius 2 is 2.14 bits per heavy atom. The molecule has 2 atom stereocenters. The number of hydrogen-bond acceptors (Lipinski definition) is 4. The quantitative estimate of drug-likeness (QED) is 0.494. The first-order chi connectivity index (χ1) is 10.1. The molecule has 1 amide bonds. The topological polar surface area (TPSA) is 102 Å². The van der Waals surface area contributed by atoms with E-state index >= 15 is 0 Å². The van der Waals surface area contributed by atoms with Crippen molar-refractivity contribution in [2.24, 2.45) is 5.73 Å². The molecule has 4 N–H and O–H groups in total. The molecule has 21 heavy (non-hydrogen) atoms. The number of allylic oxidation sites excluding steroid dienone is 1. The van der Waals surface area contributed by atoms with Crippen molar-refractivity contribution in [1.82, 2.24) is 5.32 Å². The molecule has 120 valence electrons. The van der Waals surface area contributed by atoms with Gasteiger partial charge in [-0.25, -0.2) is 9.59 Å². The normalized spacial score (nSPS) is 21.7. The number of aliphatic carboxylic acids is 1. The van der Waals surface area contributed by atoms with E-state index in [1.807, 2.05) is 12.2 Å². The summed E-state index contributed by atoms with van der Waals surface area (Å²) in [6, 6.07) is -0.915. The van der Waals surface area contributed by atoms with Crippen LogP contribution in [0.5, 0.6) is 0 Å². The van der Waals surface area contributed by atoms with Crippen LogP contribution in [-0.4, -0.2) is 35.9 Å². The Labute approximate surface area is 125 Å². The number of nitrogens with two attached hydrogens (primary N) is 1. The second-order valence-electron chi connectivity index (χ2n) is 5.33. The molecule has 0 heterocycles. The minimum Gasteiger partial charge on any atom is -0.480 e. The highest BCUT2D eigenvalue weighted by molar-refractivity contribution is 5.79. The van der Waals surface area contributed by atoms with Crippen LogP contribution < -0.4 is 11.1 Å². The highest BCUT2D eigenvalue weighted by Crippen LogP contribution is 2.14. The van der Waals surface area contributed by atoms with E-state index in [2.05, 4.69) is 5.32 Å². The summed E-state index contributed by atoms with van der Waals surface area (Å²) in [6.45, 7) is 0.518. The highest BCUT2D eigenvalue weighted by Gasteiger charge is 2.21. The minimum atomic E-state index is -1.04. The molecular formula is C15H26N2O4. The fraction of sp³-hybridized carbons (Fsp3) is 0.733. The highest BCUT2D eigenvalue weighted by atomic mass is 16.6. The van der Waals surface area contributed by atoms with E-state index in [0.717, 1.165) is 38.5 Å². The summed E-state index contributed by atoms with van der Waals surface area (Å²) in [5, 5.41) is 11.5. The zero-order valence-corrected chi connectivity index (χ0v) is 12.4. The fourth-order valence-electron chi connectivity index (χ4n) is 2.29. The Bertz CT molecular complexity index is 358. The van der Waals surface area contributed by atoms with E-state index < -0.39 is 18.1 Å². The van der Waals surface area contributed by atoms with E-state index in [-0.39, 0.29) is 6.10 Å². The number of carboxylic acids is 1. The van der Waals surface area contributed by atoms with E-state index in [9.17, 15) is 9.59 Å². The van der Waals surface area contributed by atoms with E-state index in [0.29, 0.717) is 19.4 Å². The molecule has 0 bridgehead atoms. The van der Waals surface area contributed by atoms with Crippen LogP contribution in [0.1, 0.15) is 51.4 Å². The summed E-state index contributed by atoms with van der Waals surface area (Å²) < 4.78 is 5.29. The number of amides is 1. The predicted octanol–water partition coefficient (Wildman–Crippen LogP) is 2.18. The molecule has 0 aliphatic heterocycles. The zero-order valence-electron chi connectivity index (χ0n) is 12.4. The van der Waals surface area contributed by atoms with Gasteiger partial charge in [-0.1, -0.05) is 12.5 Å². The lowest BCUT2D eigenvalue weighted by molar-refractivity contribution is -0.139. The second kappa shape index (κ2) is 10.2. The standard InChI is InChI=1S/C15H26N2O4/c16-11-7-6-10-13(14(18)19)17-15(20)21-12-8-4-2-1-3-5-9-12/h4,8,12-13H,1-3,5-7,9-11,16H2,(H,17,20)(H,18,19)/b8-4+/t12?,13-/m0/s1. The van der Waals surface area contributed by atoms with Crippen LogP contribution in [-0.2, 0) is 9.53 Å². The summed E-state index contributed by atoms with van der Waals surface area (Å²) in [6.07, 6.45) is 9.85. The Hall–Kier alpha value is -1.56. The molecule has 0 aromatic carbocycles. The molecule has 1 rings (SSSR count). The van der Waals surface area contributed by atoms with Gasteiger partial charge in [0.05, 0.1) is 0 Å². The van der Waals surface area contributed by atoms with Gasteiger partial charge in [-0.05, 0) is 57.6 Å². The van der Waals surface area contributed by atoms with E-state index in [1.165, 1.54) is 0 Å². The summed E-state index contributed by atoms with van der Waals surface area (Å²) in [4.78, 5) is 22.9. The number of ether oxygens (including phenoxy) is 1. The average Bonchev–Trinajstić information content (AvgIpc) is 2.40. The van der Waals surface area contributed by atoms with Crippen molar-refractivity contribution in [2.45, 2.75) is 63.5 Å². The first kappa shape index (κ1) is 17.5. The molecule has 0 aromatic heterocycles. The lowest BCUT2D eigenvalue weighted by Crippen LogP contribution is -2.42. The first-order valence-corrected chi connectivity index (χ1v) is 7.70. The lowest BCUT2D eigenvalue weighted by atomic mass is 10.0. The van der Waals surface area contributed by atoms with Crippen LogP contribution >= 0.6 is 0 Å². The molecule has 6 heteroatoms. The minimum absolute atomic E-state index is 0.260. The molecule has 0 saturated heterocycles. The molecule has 1 unspecified atom stereocenters. The maximum absolute atomic E-state index is 11.8. The van der Waals surface area contributed by atoms with Crippen molar-refractivity contribution >= 4 is 12.1 Å². The molecule has 0 radical (unpaired) electrons. The van der Waals surface area contributed by atoms with Crippen LogP contribution in [0, 0.1) is 0 Å². The summed E-state index contributed by atoms with van der Waals surface area (Å²) in [7, 11) is 0. The molecule has 0 saturated carbocycles. The number of alkyl carbamates (subject to hydrolysis) is 1. The maximum Gasteiger partial charge on any atom is 0.408 e. The number of carboxylic acid groups (broad SMARTS) is 1. The number of carbonyl (C=O) groups is 2. The van der Waals surface area contributed by atoms with Crippen LogP contribution in [0.3, 0.4) is 0 Å². The van der Waals surface area contributed by atoms with Gasteiger partial charge in [0, 0.05) is 0 Å². The summed E-state index contributed by atoms with van der Waals surface area (Å²) >= 11 is 0. The van der Waals surface area contributed by atoms with Gasteiger partial charge in [0.15, 0.2) is 0 Å². The van der Waals surface area contributed by atoms with Crippen molar-refractivity contribution < 1.29 is 19.4 Å². The number of carbonyl (C=O) groups excluding carboxylic acids is 1. The molecule has 1 aliphatic rings. The summed E-state index contributed by atoms with van der Waals surface area (Å²) in [5.41, 5.74) is 5.38. The third-order valence-electron chi connectivity index (χ3n) is 3.51. The number of unbranched alkanes of at least 4 members (excludes halogenated alkanes) is 1. The van der Waals surface area contributed by atoms with Gasteiger partial charge in [0.2, 0.25) is 0 Å². The van der Waals surface area contributed by atoms with Crippen LogP contribution in [0.4, 0.5) is 4.79 Å². The number of rotatable bonds is 7. The molecule has 0 fully saturated rings. The number of hydrogen-bond donors (Lipinski definition) is 3. The third-order valence-corrected chi connectivity index (χ3v) is 3.51. The van der Waals surface area contributed by atoms with Crippen molar-refractivity contribution in [3.05, 3.63) is 12.2 Å². The fourth-order valence-corrected chi connectivity index (χ4v) is 2.29. The Morgan fingerprint density at radius 1 is 1.33 bits per heavy atom. The van der Waals surface area contributed by atoms with Crippen LogP contribution in [0.15, 0.2) is 12.2 Å². The smallest absolute Gasteiger partial charge is 0.408 e. The predicted molar refractivity (Wildman–Crippen MR) is 80.0 cm³/mol. The molecular weight excluding hydrogens is 272 g/mol. The van der Waals surface area contributed by atoms with Gasteiger partial charge in [-0.2, -0.15) is 0 Å². The largest absolute Gasteiger partial charge is 0.480 e. The average molecular weight is 298 g/mol. The SMILES string of the molecule is NCCCC[C@H](NC(=O)OC1/C=C/CCCCC1)C(=O)O. The number of nitrogens with one attached hydrogen (secondary N) is 1. The van der Waals surface area contributed by atoms with Crippen molar-refractivity contribution in [1.29, 1.82) is 0 Å². The monoisotopic (exact) mass is 298 g/mol. The van der Waals surface area contributed by atoms with Gasteiger partial charge < -0.3 is 20.9 Å². The molecule has 0 aromatic rings. The van der Waals surface area contributed by atoms with Gasteiger partial charge >= 0.3 is 12.1 Å². The molecule has 1 aliphatic carbocycles. The third kappa shape index (κ3) is 7.70. The van der Waals surface area contributed by atoms with Gasteiger partial charge in [0.1, 0.15) is 12.1 Å². The Morgan fingerprint density at radius 3 is 2.86 bits per heavy atom. The van der Waals surface area contributed by atoms with E-state index in [1.54, 1.807) is 0 Å². The first-order valence-electron chi connectivity index (χ1n) is 7.70. The van der Waals surface area contributed by atoms with Gasteiger partial charge in [0.25, 0.3) is 0 Å². The molecule has 0 spiro atoms. The van der Waals surface area contributed by atoms with Crippen molar-refractivity contribution in [3.63, 3.8) is 0 Å².